The van der Waals surface area contributed by atoms with Gasteiger partial charge < -0.3 is 5.32 Å². The standard InChI is InChI=1S/C17H29N/c1-13(12-17(3,4)5)11-16(18-6)15-10-8-7-9-14(15)2/h7-10,13,16,18H,11-12H2,1-6H3. The Morgan fingerprint density at radius 2 is 1.78 bits per heavy atom. The Kier molecular flexibility index (Phi) is 5.40. The molecule has 0 saturated heterocycles. The molecule has 0 spiro atoms. The van der Waals surface area contributed by atoms with Gasteiger partial charge >= 0.3 is 0 Å². The lowest BCUT2D eigenvalue weighted by Gasteiger charge is -2.27. The smallest absolute Gasteiger partial charge is 0.0322 e. The fourth-order valence-corrected chi connectivity index (χ4v) is 2.91. The van der Waals surface area contributed by atoms with E-state index in [1.54, 1.807) is 0 Å². The Balaban J connectivity index is 2.71. The normalized spacial score (nSPS) is 15.4. The molecule has 18 heavy (non-hydrogen) atoms. The van der Waals surface area contributed by atoms with Crippen LogP contribution in [0.2, 0.25) is 0 Å². The second-order valence-corrected chi connectivity index (χ2v) is 6.80. The van der Waals surface area contributed by atoms with E-state index < -0.39 is 0 Å². The van der Waals surface area contributed by atoms with E-state index in [0.717, 1.165) is 5.92 Å². The minimum absolute atomic E-state index is 0.420. The molecule has 1 nitrogen and oxygen atoms in total. The molecular weight excluding hydrogens is 218 g/mol. The molecule has 0 heterocycles. The molecule has 0 fully saturated rings. The monoisotopic (exact) mass is 247 g/mol. The molecule has 2 atom stereocenters. The van der Waals surface area contributed by atoms with Crippen LogP contribution in [0.25, 0.3) is 0 Å². The van der Waals surface area contributed by atoms with Gasteiger partial charge in [0.15, 0.2) is 0 Å². The van der Waals surface area contributed by atoms with Crippen LogP contribution in [0.15, 0.2) is 24.3 Å². The molecule has 2 unspecified atom stereocenters. The van der Waals surface area contributed by atoms with Crippen molar-refractivity contribution >= 4 is 0 Å². The maximum Gasteiger partial charge on any atom is 0.0322 e. The van der Waals surface area contributed by atoms with Crippen LogP contribution in [0.3, 0.4) is 0 Å². The molecule has 1 heteroatoms. The summed E-state index contributed by atoms with van der Waals surface area (Å²) in [5.41, 5.74) is 3.25. The number of rotatable bonds is 5. The summed E-state index contributed by atoms with van der Waals surface area (Å²) < 4.78 is 0. The number of aryl methyl sites for hydroxylation is 1. The second-order valence-electron chi connectivity index (χ2n) is 6.80. The van der Waals surface area contributed by atoms with Crippen molar-refractivity contribution < 1.29 is 0 Å². The second kappa shape index (κ2) is 6.38. The average molecular weight is 247 g/mol. The van der Waals surface area contributed by atoms with E-state index in [-0.39, 0.29) is 0 Å². The predicted molar refractivity (Wildman–Crippen MR) is 80.8 cm³/mol. The van der Waals surface area contributed by atoms with Gasteiger partial charge in [-0.25, -0.2) is 0 Å². The van der Waals surface area contributed by atoms with Gasteiger partial charge in [0.2, 0.25) is 0 Å². The average Bonchev–Trinajstić information content (AvgIpc) is 2.24. The first-order chi connectivity index (χ1) is 8.33. The first kappa shape index (κ1) is 15.2. The van der Waals surface area contributed by atoms with Gasteiger partial charge in [0.25, 0.3) is 0 Å². The van der Waals surface area contributed by atoms with Gasteiger partial charge in [0.05, 0.1) is 0 Å². The summed E-state index contributed by atoms with van der Waals surface area (Å²) in [5.74, 6) is 0.738. The van der Waals surface area contributed by atoms with Crippen LogP contribution in [-0.4, -0.2) is 7.05 Å². The number of hydrogen-bond donors (Lipinski definition) is 1. The maximum absolute atomic E-state index is 3.48. The zero-order chi connectivity index (χ0) is 13.8. The lowest BCUT2D eigenvalue weighted by Crippen LogP contribution is -2.22. The third kappa shape index (κ3) is 4.81. The third-order valence-corrected chi connectivity index (χ3v) is 3.51. The molecule has 102 valence electrons. The van der Waals surface area contributed by atoms with Crippen LogP contribution in [0.5, 0.6) is 0 Å². The Labute approximate surface area is 113 Å². The minimum atomic E-state index is 0.420. The fraction of sp³-hybridized carbons (Fsp3) is 0.647. The maximum atomic E-state index is 3.48. The van der Waals surface area contributed by atoms with Crippen molar-refractivity contribution in [2.45, 2.75) is 53.5 Å². The van der Waals surface area contributed by atoms with Gasteiger partial charge in [0, 0.05) is 6.04 Å². The van der Waals surface area contributed by atoms with E-state index in [1.165, 1.54) is 24.0 Å². The van der Waals surface area contributed by atoms with Crippen LogP contribution >= 0.6 is 0 Å². The summed E-state index contributed by atoms with van der Waals surface area (Å²) in [6.45, 7) is 11.5. The van der Waals surface area contributed by atoms with E-state index in [4.69, 9.17) is 0 Å². The first-order valence-corrected chi connectivity index (χ1v) is 7.06. The Morgan fingerprint density at radius 1 is 1.17 bits per heavy atom. The molecule has 0 aromatic heterocycles. The highest BCUT2D eigenvalue weighted by Crippen LogP contribution is 2.31. The zero-order valence-electron chi connectivity index (χ0n) is 12.9. The van der Waals surface area contributed by atoms with E-state index in [1.807, 2.05) is 0 Å². The van der Waals surface area contributed by atoms with Gasteiger partial charge in [-0.3, -0.25) is 0 Å². The molecule has 1 N–H and O–H groups in total. The van der Waals surface area contributed by atoms with Gasteiger partial charge in [-0.1, -0.05) is 52.0 Å². The number of nitrogens with one attached hydrogen (secondary N) is 1. The van der Waals surface area contributed by atoms with Crippen LogP contribution < -0.4 is 5.32 Å². The number of hydrogen-bond acceptors (Lipinski definition) is 1. The lowest BCUT2D eigenvalue weighted by molar-refractivity contribution is 0.279. The quantitative estimate of drug-likeness (QED) is 0.794. The zero-order valence-corrected chi connectivity index (χ0v) is 12.9. The highest BCUT2D eigenvalue weighted by molar-refractivity contribution is 5.28. The van der Waals surface area contributed by atoms with Crippen molar-refractivity contribution in [3.63, 3.8) is 0 Å². The minimum Gasteiger partial charge on any atom is -0.313 e. The topological polar surface area (TPSA) is 12.0 Å². The van der Waals surface area contributed by atoms with E-state index >= 15 is 0 Å². The number of benzene rings is 1. The molecule has 0 aliphatic rings. The molecule has 0 saturated carbocycles. The molecule has 1 aromatic carbocycles. The summed E-state index contributed by atoms with van der Waals surface area (Å²) in [7, 11) is 2.07. The van der Waals surface area contributed by atoms with Crippen LogP contribution in [0.1, 0.15) is 57.7 Å². The van der Waals surface area contributed by atoms with Gasteiger partial charge in [0.1, 0.15) is 0 Å². The van der Waals surface area contributed by atoms with E-state index in [2.05, 4.69) is 71.2 Å². The molecule has 0 bridgehead atoms. The molecule has 0 aliphatic heterocycles. The Hall–Kier alpha value is -0.820. The molecule has 0 amide bonds. The summed E-state index contributed by atoms with van der Waals surface area (Å²) in [6.07, 6.45) is 2.48. The SMILES string of the molecule is CNC(CC(C)CC(C)(C)C)c1ccccc1C. The fourth-order valence-electron chi connectivity index (χ4n) is 2.91. The summed E-state index contributed by atoms with van der Waals surface area (Å²) in [5, 5.41) is 3.48. The van der Waals surface area contributed by atoms with Crippen molar-refractivity contribution in [2.24, 2.45) is 11.3 Å². The van der Waals surface area contributed by atoms with Crippen molar-refractivity contribution in [3.05, 3.63) is 35.4 Å². The highest BCUT2D eigenvalue weighted by atomic mass is 14.9. The van der Waals surface area contributed by atoms with Crippen LogP contribution in [0.4, 0.5) is 0 Å². The van der Waals surface area contributed by atoms with Crippen molar-refractivity contribution in [3.8, 4) is 0 Å². The molecule has 0 radical (unpaired) electrons. The van der Waals surface area contributed by atoms with Crippen molar-refractivity contribution in [2.75, 3.05) is 7.05 Å². The van der Waals surface area contributed by atoms with Gasteiger partial charge in [-0.2, -0.15) is 0 Å². The van der Waals surface area contributed by atoms with Crippen molar-refractivity contribution in [1.82, 2.24) is 5.32 Å². The van der Waals surface area contributed by atoms with Gasteiger partial charge in [-0.15, -0.1) is 0 Å². The van der Waals surface area contributed by atoms with Crippen molar-refractivity contribution in [1.29, 1.82) is 0 Å². The van der Waals surface area contributed by atoms with E-state index in [9.17, 15) is 0 Å². The Bertz CT molecular complexity index is 362. The predicted octanol–water partition coefficient (Wildman–Crippen LogP) is 4.72. The molecular formula is C17H29N. The largest absolute Gasteiger partial charge is 0.313 e. The van der Waals surface area contributed by atoms with Crippen LogP contribution in [0, 0.1) is 18.3 Å². The summed E-state index contributed by atoms with van der Waals surface area (Å²) in [4.78, 5) is 0. The summed E-state index contributed by atoms with van der Waals surface area (Å²) >= 11 is 0. The first-order valence-electron chi connectivity index (χ1n) is 7.06. The molecule has 1 rings (SSSR count). The highest BCUT2D eigenvalue weighted by Gasteiger charge is 2.20. The summed E-state index contributed by atoms with van der Waals surface area (Å²) in [6, 6.07) is 9.18. The Morgan fingerprint density at radius 3 is 2.28 bits per heavy atom. The molecule has 0 aliphatic carbocycles. The van der Waals surface area contributed by atoms with Crippen LogP contribution in [-0.2, 0) is 0 Å². The lowest BCUT2D eigenvalue weighted by atomic mass is 9.81. The molecule has 1 aromatic rings. The third-order valence-electron chi connectivity index (χ3n) is 3.51. The van der Waals surface area contributed by atoms with E-state index in [0.29, 0.717) is 11.5 Å². The van der Waals surface area contributed by atoms with Gasteiger partial charge in [-0.05, 0) is 49.3 Å².